The maximum atomic E-state index is 11.3. The Balaban J connectivity index is 4.78. The van der Waals surface area contributed by atoms with E-state index in [1.165, 1.54) is 27.7 Å². The molecule has 3 N–H and O–H groups in total. The highest BCUT2D eigenvalue weighted by Crippen LogP contribution is 2.19. The molecular formula is C14H24O9. The summed E-state index contributed by atoms with van der Waals surface area (Å²) in [4.78, 5) is 33.9. The Morgan fingerprint density at radius 2 is 0.957 bits per heavy atom. The van der Waals surface area contributed by atoms with Gasteiger partial charge in [-0.1, -0.05) is 0 Å². The molecule has 134 valence electrons. The molecule has 0 aromatic heterocycles. The second-order valence-corrected chi connectivity index (χ2v) is 5.66. The van der Waals surface area contributed by atoms with Crippen molar-refractivity contribution in [1.82, 2.24) is 0 Å². The van der Waals surface area contributed by atoms with Crippen LogP contribution in [0.25, 0.3) is 0 Å². The molecule has 0 fully saturated rings. The fraction of sp³-hybridized carbons (Fsp3) is 0.786. The van der Waals surface area contributed by atoms with Crippen LogP contribution in [0.15, 0.2) is 0 Å². The van der Waals surface area contributed by atoms with E-state index >= 15 is 0 Å². The Morgan fingerprint density at radius 1 is 0.739 bits per heavy atom. The molecule has 23 heavy (non-hydrogen) atoms. The lowest BCUT2D eigenvalue weighted by Crippen LogP contribution is -2.39. The molecule has 0 aliphatic heterocycles. The van der Waals surface area contributed by atoms with E-state index in [0.29, 0.717) is 0 Å². The van der Waals surface area contributed by atoms with Crippen LogP contribution in [0.2, 0.25) is 0 Å². The van der Waals surface area contributed by atoms with Gasteiger partial charge < -0.3 is 29.5 Å². The number of esters is 3. The van der Waals surface area contributed by atoms with Gasteiger partial charge in [0.2, 0.25) is 0 Å². The van der Waals surface area contributed by atoms with Gasteiger partial charge in [0.25, 0.3) is 0 Å². The van der Waals surface area contributed by atoms with E-state index in [4.69, 9.17) is 29.5 Å². The highest BCUT2D eigenvalue weighted by atomic mass is 16.6. The molecule has 0 saturated heterocycles. The first-order valence-electron chi connectivity index (χ1n) is 7.02. The van der Waals surface area contributed by atoms with E-state index in [1.54, 1.807) is 0 Å². The van der Waals surface area contributed by atoms with Gasteiger partial charge in [-0.2, -0.15) is 0 Å². The molecule has 0 aromatic rings. The van der Waals surface area contributed by atoms with Crippen molar-refractivity contribution in [3.05, 3.63) is 0 Å². The third-order valence-corrected chi connectivity index (χ3v) is 2.71. The van der Waals surface area contributed by atoms with E-state index in [0.717, 1.165) is 0 Å². The molecule has 0 saturated carbocycles. The van der Waals surface area contributed by atoms with Gasteiger partial charge in [-0.15, -0.1) is 0 Å². The smallest absolute Gasteiger partial charge is 0.334 e. The molecule has 3 unspecified atom stereocenters. The van der Waals surface area contributed by atoms with Crippen molar-refractivity contribution in [3.63, 3.8) is 0 Å². The molecule has 3 atom stereocenters. The summed E-state index contributed by atoms with van der Waals surface area (Å²) in [5.41, 5.74) is -1.11. The first-order valence-corrected chi connectivity index (χ1v) is 7.02. The predicted molar refractivity (Wildman–Crippen MR) is 76.0 cm³/mol. The summed E-state index contributed by atoms with van der Waals surface area (Å²) in [6.45, 7) is 4.25. The third kappa shape index (κ3) is 8.48. The maximum absolute atomic E-state index is 11.3. The molecule has 0 radical (unpaired) electrons. The minimum atomic E-state index is -1.33. The van der Waals surface area contributed by atoms with Crippen molar-refractivity contribution in [1.29, 1.82) is 0 Å². The summed E-state index contributed by atoms with van der Waals surface area (Å²) < 4.78 is 14.6. The van der Waals surface area contributed by atoms with E-state index in [-0.39, 0.29) is 19.8 Å². The van der Waals surface area contributed by atoms with Gasteiger partial charge in [-0.25, -0.2) is 14.4 Å². The van der Waals surface area contributed by atoms with Crippen molar-refractivity contribution in [2.75, 3.05) is 19.8 Å². The molecule has 0 aliphatic rings. The fourth-order valence-corrected chi connectivity index (χ4v) is 1.22. The van der Waals surface area contributed by atoms with Crippen LogP contribution in [-0.4, -0.2) is 71.4 Å². The van der Waals surface area contributed by atoms with Crippen LogP contribution in [0, 0.1) is 5.41 Å². The Morgan fingerprint density at radius 3 is 1.13 bits per heavy atom. The molecular weight excluding hydrogens is 312 g/mol. The average Bonchev–Trinajstić information content (AvgIpc) is 2.47. The highest BCUT2D eigenvalue weighted by Gasteiger charge is 2.32. The van der Waals surface area contributed by atoms with E-state index in [1.807, 2.05) is 0 Å². The predicted octanol–water partition coefficient (Wildman–Crippen LogP) is -1.24. The van der Waals surface area contributed by atoms with Crippen LogP contribution in [0.3, 0.4) is 0 Å². The largest absolute Gasteiger partial charge is 0.463 e. The first kappa shape index (κ1) is 21.3. The standard InChI is InChI=1S/C14H24O9/c1-8(15)11(18)21-5-14(4,6-22-12(19)9(2)16)7-23-13(20)10(3)17/h8-10,15-17H,5-7H2,1-4H3. The lowest BCUT2D eigenvalue weighted by atomic mass is 9.94. The van der Waals surface area contributed by atoms with Crippen molar-refractivity contribution in [2.24, 2.45) is 5.41 Å². The summed E-state index contributed by atoms with van der Waals surface area (Å²) in [6.07, 6.45) is -4.00. The van der Waals surface area contributed by atoms with Crippen molar-refractivity contribution >= 4 is 17.9 Å². The lowest BCUT2D eigenvalue weighted by Gasteiger charge is -2.28. The van der Waals surface area contributed by atoms with Crippen LogP contribution < -0.4 is 0 Å². The van der Waals surface area contributed by atoms with Crippen LogP contribution in [0.5, 0.6) is 0 Å². The highest BCUT2D eigenvalue weighted by molar-refractivity contribution is 5.74. The normalized spacial score (nSPS) is 17.3. The number of hydrogen-bond acceptors (Lipinski definition) is 9. The van der Waals surface area contributed by atoms with Gasteiger partial charge in [0.15, 0.2) is 0 Å². The van der Waals surface area contributed by atoms with Gasteiger partial charge in [0.05, 0.1) is 5.41 Å². The lowest BCUT2D eigenvalue weighted by molar-refractivity contribution is -0.170. The van der Waals surface area contributed by atoms with E-state index in [2.05, 4.69) is 0 Å². The van der Waals surface area contributed by atoms with Gasteiger partial charge in [-0.05, 0) is 27.7 Å². The number of aliphatic hydroxyl groups excluding tert-OH is 3. The molecule has 0 spiro atoms. The minimum absolute atomic E-state index is 0.309. The molecule has 0 rings (SSSR count). The third-order valence-electron chi connectivity index (χ3n) is 2.71. The van der Waals surface area contributed by atoms with Crippen molar-refractivity contribution < 1.29 is 43.9 Å². The summed E-state index contributed by atoms with van der Waals surface area (Å²) in [5.74, 6) is -2.67. The van der Waals surface area contributed by atoms with Gasteiger partial charge >= 0.3 is 17.9 Å². The number of rotatable bonds is 9. The van der Waals surface area contributed by atoms with E-state index < -0.39 is 41.6 Å². The Bertz CT molecular complexity index is 355. The fourth-order valence-electron chi connectivity index (χ4n) is 1.22. The molecule has 9 nitrogen and oxygen atoms in total. The molecule has 0 bridgehead atoms. The monoisotopic (exact) mass is 336 g/mol. The maximum Gasteiger partial charge on any atom is 0.334 e. The molecule has 9 heteroatoms. The number of hydrogen-bond donors (Lipinski definition) is 3. The van der Waals surface area contributed by atoms with E-state index in [9.17, 15) is 14.4 Å². The van der Waals surface area contributed by atoms with Gasteiger partial charge in [-0.3, -0.25) is 0 Å². The van der Waals surface area contributed by atoms with Gasteiger partial charge in [0.1, 0.15) is 38.1 Å². The number of carbonyl (C=O) groups excluding carboxylic acids is 3. The quantitative estimate of drug-likeness (QED) is 0.348. The second-order valence-electron chi connectivity index (χ2n) is 5.66. The summed E-state index contributed by atoms with van der Waals surface area (Å²) in [6, 6.07) is 0. The number of ether oxygens (including phenoxy) is 3. The van der Waals surface area contributed by atoms with Crippen LogP contribution >= 0.6 is 0 Å². The van der Waals surface area contributed by atoms with Gasteiger partial charge in [0, 0.05) is 0 Å². The van der Waals surface area contributed by atoms with Crippen LogP contribution in [-0.2, 0) is 28.6 Å². The summed E-state index contributed by atoms with van der Waals surface area (Å²) in [7, 11) is 0. The Hall–Kier alpha value is -1.71. The van der Waals surface area contributed by atoms with Crippen molar-refractivity contribution in [2.45, 2.75) is 46.0 Å². The summed E-state index contributed by atoms with van der Waals surface area (Å²) >= 11 is 0. The van der Waals surface area contributed by atoms with Crippen LogP contribution in [0.4, 0.5) is 0 Å². The Labute approximate surface area is 134 Å². The molecule has 0 heterocycles. The molecule has 0 amide bonds. The Kier molecular flexibility index (Phi) is 8.73. The van der Waals surface area contributed by atoms with Crippen molar-refractivity contribution in [3.8, 4) is 0 Å². The SMILES string of the molecule is CC(O)C(=O)OCC(C)(COC(=O)C(C)O)COC(=O)C(C)O. The molecule has 0 aliphatic carbocycles. The molecule has 0 aromatic carbocycles. The number of carbonyl (C=O) groups is 3. The zero-order valence-electron chi connectivity index (χ0n) is 13.6. The summed E-state index contributed by atoms with van der Waals surface area (Å²) in [5, 5.41) is 27.3. The second kappa shape index (κ2) is 9.43. The zero-order valence-corrected chi connectivity index (χ0v) is 13.6. The van der Waals surface area contributed by atoms with Crippen LogP contribution in [0.1, 0.15) is 27.7 Å². The topological polar surface area (TPSA) is 140 Å². The number of aliphatic hydroxyl groups is 3. The minimum Gasteiger partial charge on any atom is -0.463 e. The zero-order chi connectivity index (χ0) is 18.2. The first-order chi connectivity index (χ1) is 10.5. The average molecular weight is 336 g/mol.